The highest BCUT2D eigenvalue weighted by molar-refractivity contribution is 4.90. The van der Waals surface area contributed by atoms with E-state index in [0.717, 1.165) is 12.3 Å². The first-order valence-electron chi connectivity index (χ1n) is 6.03. The van der Waals surface area contributed by atoms with Gasteiger partial charge in [0.2, 0.25) is 0 Å². The first-order chi connectivity index (χ1) is 6.74. The lowest BCUT2D eigenvalue weighted by atomic mass is 9.81. The number of rotatable bonds is 2. The first kappa shape index (κ1) is 10.4. The van der Waals surface area contributed by atoms with Crippen molar-refractivity contribution in [1.82, 2.24) is 0 Å². The number of aliphatic hydroxyl groups excluding tert-OH is 1. The summed E-state index contributed by atoms with van der Waals surface area (Å²) >= 11 is 0. The van der Waals surface area contributed by atoms with Gasteiger partial charge in [-0.25, -0.2) is 0 Å². The fraction of sp³-hybridized carbons (Fsp3) is 1.00. The van der Waals surface area contributed by atoms with Crippen LogP contribution >= 0.6 is 0 Å². The Morgan fingerprint density at radius 3 is 2.57 bits per heavy atom. The number of aliphatic hydroxyl groups is 1. The molecule has 2 nitrogen and oxygen atoms in total. The van der Waals surface area contributed by atoms with Gasteiger partial charge in [-0.1, -0.05) is 12.8 Å². The molecule has 1 aliphatic heterocycles. The zero-order valence-electron chi connectivity index (χ0n) is 9.17. The Bertz CT molecular complexity index is 187. The van der Waals surface area contributed by atoms with E-state index in [4.69, 9.17) is 9.84 Å². The van der Waals surface area contributed by atoms with Crippen molar-refractivity contribution in [3.8, 4) is 0 Å². The third kappa shape index (κ3) is 1.96. The Hall–Kier alpha value is -0.0800. The maximum absolute atomic E-state index is 9.14. The molecular formula is C12H22O2. The van der Waals surface area contributed by atoms with Gasteiger partial charge in [-0.05, 0) is 44.9 Å². The van der Waals surface area contributed by atoms with Crippen molar-refractivity contribution in [3.63, 3.8) is 0 Å². The molecule has 0 bridgehead atoms. The summed E-state index contributed by atoms with van der Waals surface area (Å²) in [5.41, 5.74) is 0.0716. The molecule has 2 fully saturated rings. The molecule has 0 aromatic heterocycles. The maximum Gasteiger partial charge on any atom is 0.0813 e. The van der Waals surface area contributed by atoms with E-state index in [9.17, 15) is 0 Å². The molecule has 2 aliphatic rings. The minimum atomic E-state index is 0.0716. The van der Waals surface area contributed by atoms with Gasteiger partial charge in [-0.2, -0.15) is 0 Å². The van der Waals surface area contributed by atoms with Gasteiger partial charge in [0.25, 0.3) is 0 Å². The van der Waals surface area contributed by atoms with Crippen LogP contribution in [0.2, 0.25) is 0 Å². The number of hydrogen-bond donors (Lipinski definition) is 1. The summed E-state index contributed by atoms with van der Waals surface area (Å²) in [6.07, 6.45) is 8.95. The molecule has 2 heteroatoms. The van der Waals surface area contributed by atoms with Crippen LogP contribution in [0.15, 0.2) is 0 Å². The quantitative estimate of drug-likeness (QED) is 0.738. The monoisotopic (exact) mass is 198 g/mol. The van der Waals surface area contributed by atoms with Gasteiger partial charge in [0.15, 0.2) is 0 Å². The second-order valence-electron chi connectivity index (χ2n) is 5.11. The van der Waals surface area contributed by atoms with Crippen molar-refractivity contribution in [3.05, 3.63) is 0 Å². The molecule has 1 saturated heterocycles. The van der Waals surface area contributed by atoms with Crippen molar-refractivity contribution in [2.75, 3.05) is 6.61 Å². The predicted octanol–water partition coefficient (Wildman–Crippen LogP) is 2.50. The standard InChI is InChI=1S/C12H22O2/c1-12(10-5-2-3-6-10)8-4-7-11(9-13)14-12/h10-11,13H,2-9H2,1H3. The van der Waals surface area contributed by atoms with E-state index >= 15 is 0 Å². The maximum atomic E-state index is 9.14. The molecule has 1 N–H and O–H groups in total. The van der Waals surface area contributed by atoms with Crippen LogP contribution < -0.4 is 0 Å². The normalized spacial score (nSPS) is 40.3. The highest BCUT2D eigenvalue weighted by Gasteiger charge is 2.40. The second-order valence-corrected chi connectivity index (χ2v) is 5.11. The smallest absolute Gasteiger partial charge is 0.0813 e. The number of ether oxygens (including phenoxy) is 1. The molecule has 14 heavy (non-hydrogen) atoms. The molecular weight excluding hydrogens is 176 g/mol. The van der Waals surface area contributed by atoms with E-state index in [2.05, 4.69) is 6.92 Å². The van der Waals surface area contributed by atoms with E-state index in [1.54, 1.807) is 0 Å². The van der Waals surface area contributed by atoms with Crippen LogP contribution in [0.25, 0.3) is 0 Å². The molecule has 1 heterocycles. The SMILES string of the molecule is CC1(C2CCCC2)CCCC(CO)O1. The van der Waals surface area contributed by atoms with Gasteiger partial charge in [0, 0.05) is 0 Å². The third-order valence-corrected chi connectivity index (χ3v) is 4.06. The minimum absolute atomic E-state index is 0.0716. The van der Waals surface area contributed by atoms with Crippen LogP contribution in [-0.2, 0) is 4.74 Å². The van der Waals surface area contributed by atoms with Crippen LogP contribution in [-0.4, -0.2) is 23.4 Å². The van der Waals surface area contributed by atoms with E-state index in [-0.39, 0.29) is 18.3 Å². The van der Waals surface area contributed by atoms with Crippen LogP contribution in [0.5, 0.6) is 0 Å². The Kier molecular flexibility index (Phi) is 3.13. The molecule has 1 saturated carbocycles. The van der Waals surface area contributed by atoms with E-state index in [1.165, 1.54) is 38.5 Å². The zero-order chi connectivity index (χ0) is 10.0. The van der Waals surface area contributed by atoms with Gasteiger partial charge in [0.1, 0.15) is 0 Å². The molecule has 0 spiro atoms. The Labute approximate surface area is 86.6 Å². The fourth-order valence-electron chi connectivity index (χ4n) is 3.14. The number of hydrogen-bond acceptors (Lipinski definition) is 2. The van der Waals surface area contributed by atoms with Crippen LogP contribution in [0.3, 0.4) is 0 Å². The van der Waals surface area contributed by atoms with Crippen molar-refractivity contribution in [1.29, 1.82) is 0 Å². The van der Waals surface area contributed by atoms with Crippen molar-refractivity contribution < 1.29 is 9.84 Å². The molecule has 0 aromatic carbocycles. The highest BCUT2D eigenvalue weighted by Crippen LogP contribution is 2.42. The van der Waals surface area contributed by atoms with E-state index in [0.29, 0.717) is 0 Å². The lowest BCUT2D eigenvalue weighted by molar-refractivity contribution is -0.158. The molecule has 2 unspecified atom stereocenters. The molecule has 0 aromatic rings. The summed E-state index contributed by atoms with van der Waals surface area (Å²) < 4.78 is 6.06. The summed E-state index contributed by atoms with van der Waals surface area (Å²) in [4.78, 5) is 0. The minimum Gasteiger partial charge on any atom is -0.394 e. The molecule has 1 aliphatic carbocycles. The first-order valence-corrected chi connectivity index (χ1v) is 6.03. The predicted molar refractivity (Wildman–Crippen MR) is 56.2 cm³/mol. The Morgan fingerprint density at radius 2 is 1.93 bits per heavy atom. The zero-order valence-corrected chi connectivity index (χ0v) is 9.17. The van der Waals surface area contributed by atoms with Gasteiger partial charge in [0.05, 0.1) is 18.3 Å². The third-order valence-electron chi connectivity index (χ3n) is 4.06. The Balaban J connectivity index is 1.98. The molecule has 0 amide bonds. The van der Waals surface area contributed by atoms with Gasteiger partial charge in [-0.3, -0.25) is 0 Å². The largest absolute Gasteiger partial charge is 0.394 e. The summed E-state index contributed by atoms with van der Waals surface area (Å²) in [6, 6.07) is 0. The summed E-state index contributed by atoms with van der Waals surface area (Å²) in [5, 5.41) is 9.14. The van der Waals surface area contributed by atoms with Gasteiger partial charge < -0.3 is 9.84 Å². The van der Waals surface area contributed by atoms with Crippen molar-refractivity contribution >= 4 is 0 Å². The molecule has 2 rings (SSSR count). The molecule has 82 valence electrons. The Morgan fingerprint density at radius 1 is 1.21 bits per heavy atom. The van der Waals surface area contributed by atoms with Crippen LogP contribution in [0.1, 0.15) is 51.9 Å². The summed E-state index contributed by atoms with van der Waals surface area (Å²) in [5.74, 6) is 0.747. The van der Waals surface area contributed by atoms with Crippen molar-refractivity contribution in [2.24, 2.45) is 5.92 Å². The van der Waals surface area contributed by atoms with E-state index < -0.39 is 0 Å². The summed E-state index contributed by atoms with van der Waals surface area (Å²) in [6.45, 7) is 2.45. The average Bonchev–Trinajstić information content (AvgIpc) is 2.71. The molecule has 0 radical (unpaired) electrons. The summed E-state index contributed by atoms with van der Waals surface area (Å²) in [7, 11) is 0. The van der Waals surface area contributed by atoms with Crippen molar-refractivity contribution in [2.45, 2.75) is 63.6 Å². The van der Waals surface area contributed by atoms with E-state index in [1.807, 2.05) is 0 Å². The topological polar surface area (TPSA) is 29.5 Å². The lowest BCUT2D eigenvalue weighted by Crippen LogP contribution is -2.44. The van der Waals surface area contributed by atoms with Crippen LogP contribution in [0.4, 0.5) is 0 Å². The average molecular weight is 198 g/mol. The highest BCUT2D eigenvalue weighted by atomic mass is 16.5. The van der Waals surface area contributed by atoms with Gasteiger partial charge >= 0.3 is 0 Å². The lowest BCUT2D eigenvalue weighted by Gasteiger charge is -2.42. The van der Waals surface area contributed by atoms with Crippen LogP contribution in [0, 0.1) is 5.92 Å². The molecule has 2 atom stereocenters. The fourth-order valence-corrected chi connectivity index (χ4v) is 3.14. The second kappa shape index (κ2) is 4.19. The van der Waals surface area contributed by atoms with Gasteiger partial charge in [-0.15, -0.1) is 0 Å².